The third-order valence-corrected chi connectivity index (χ3v) is 2.14. The lowest BCUT2D eigenvalue weighted by Crippen LogP contribution is -2.07. The third kappa shape index (κ3) is 3.13. The normalized spacial score (nSPS) is 11.5. The van der Waals surface area contributed by atoms with Crippen molar-refractivity contribution < 1.29 is 18.1 Å². The highest BCUT2D eigenvalue weighted by molar-refractivity contribution is 7.80. The molecule has 0 aliphatic carbocycles. The van der Waals surface area contributed by atoms with Crippen LogP contribution < -0.4 is 0 Å². The highest BCUT2D eigenvalue weighted by Gasteiger charge is 2.32. The van der Waals surface area contributed by atoms with Gasteiger partial charge in [0.05, 0.1) is 10.5 Å². The van der Waals surface area contributed by atoms with Gasteiger partial charge in [-0.3, -0.25) is 10.1 Å². The fraction of sp³-hybridized carbons (Fsp3) is 0.333. The van der Waals surface area contributed by atoms with Crippen molar-refractivity contribution in [2.24, 2.45) is 0 Å². The number of halogens is 3. The second-order valence-corrected chi connectivity index (χ2v) is 3.56. The van der Waals surface area contributed by atoms with Crippen LogP contribution in [0.4, 0.5) is 18.9 Å². The zero-order chi connectivity index (χ0) is 12.3. The van der Waals surface area contributed by atoms with Gasteiger partial charge in [-0.25, -0.2) is 0 Å². The van der Waals surface area contributed by atoms with Gasteiger partial charge in [0.25, 0.3) is 5.69 Å². The van der Waals surface area contributed by atoms with Gasteiger partial charge in [-0.1, -0.05) is 0 Å². The summed E-state index contributed by atoms with van der Waals surface area (Å²) in [7, 11) is 0. The van der Waals surface area contributed by atoms with Crippen molar-refractivity contribution in [3.8, 4) is 0 Å². The standard InChI is InChI=1S/C9H8F3NO2S/c10-9(11,12)7-3-6(1-2-16)4-8(5-7)13(14)15/h3-5,16H,1-2H2. The first-order chi connectivity index (χ1) is 7.34. The van der Waals surface area contributed by atoms with Gasteiger partial charge >= 0.3 is 6.18 Å². The van der Waals surface area contributed by atoms with Gasteiger partial charge in [0.15, 0.2) is 0 Å². The van der Waals surface area contributed by atoms with Crippen molar-refractivity contribution in [2.75, 3.05) is 5.75 Å². The Morgan fingerprint density at radius 3 is 2.38 bits per heavy atom. The number of alkyl halides is 3. The number of hydrogen-bond donors (Lipinski definition) is 1. The fourth-order valence-electron chi connectivity index (χ4n) is 1.22. The minimum absolute atomic E-state index is 0.258. The summed E-state index contributed by atoms with van der Waals surface area (Å²) in [6, 6.07) is 2.57. The molecule has 7 heteroatoms. The average Bonchev–Trinajstić information content (AvgIpc) is 2.16. The zero-order valence-corrected chi connectivity index (χ0v) is 8.89. The summed E-state index contributed by atoms with van der Waals surface area (Å²) in [6.07, 6.45) is -4.31. The summed E-state index contributed by atoms with van der Waals surface area (Å²) >= 11 is 3.87. The largest absolute Gasteiger partial charge is 0.416 e. The maximum Gasteiger partial charge on any atom is 0.416 e. The Balaban J connectivity index is 3.24. The van der Waals surface area contributed by atoms with E-state index in [1.165, 1.54) is 0 Å². The zero-order valence-electron chi connectivity index (χ0n) is 7.99. The molecule has 0 atom stereocenters. The van der Waals surface area contributed by atoms with Crippen LogP contribution in [0.25, 0.3) is 0 Å². The molecule has 0 aliphatic rings. The molecule has 1 aromatic carbocycles. The predicted molar refractivity (Wildman–Crippen MR) is 55.7 cm³/mol. The quantitative estimate of drug-likeness (QED) is 0.509. The molecule has 0 fully saturated rings. The van der Waals surface area contributed by atoms with Crippen molar-refractivity contribution in [1.82, 2.24) is 0 Å². The van der Waals surface area contributed by atoms with Gasteiger partial charge in [-0.05, 0) is 23.8 Å². The number of nitro groups is 1. The SMILES string of the molecule is O=[N+]([O-])c1cc(CCS)cc(C(F)(F)F)c1. The van der Waals surface area contributed by atoms with Gasteiger partial charge in [-0.2, -0.15) is 25.8 Å². The summed E-state index contributed by atoms with van der Waals surface area (Å²) in [5, 5.41) is 10.5. The first-order valence-electron chi connectivity index (χ1n) is 4.31. The minimum atomic E-state index is -4.57. The topological polar surface area (TPSA) is 43.1 Å². The van der Waals surface area contributed by atoms with Crippen LogP contribution in [0.15, 0.2) is 18.2 Å². The maximum absolute atomic E-state index is 12.4. The van der Waals surface area contributed by atoms with Crippen LogP contribution in [-0.2, 0) is 12.6 Å². The van der Waals surface area contributed by atoms with Crippen LogP contribution in [0.3, 0.4) is 0 Å². The highest BCUT2D eigenvalue weighted by atomic mass is 32.1. The van der Waals surface area contributed by atoms with Crippen LogP contribution in [-0.4, -0.2) is 10.7 Å². The summed E-state index contributed by atoms with van der Waals surface area (Å²) in [5.41, 5.74) is -1.29. The van der Waals surface area contributed by atoms with Crippen molar-refractivity contribution in [1.29, 1.82) is 0 Å². The Labute approximate surface area is 94.8 Å². The van der Waals surface area contributed by atoms with Gasteiger partial charge < -0.3 is 0 Å². The number of thiol groups is 1. The second-order valence-electron chi connectivity index (χ2n) is 3.12. The number of rotatable bonds is 3. The molecule has 1 aromatic rings. The molecule has 16 heavy (non-hydrogen) atoms. The van der Waals surface area contributed by atoms with E-state index < -0.39 is 22.4 Å². The third-order valence-electron chi connectivity index (χ3n) is 1.92. The molecule has 88 valence electrons. The predicted octanol–water partition coefficient (Wildman–Crippen LogP) is 3.09. The first-order valence-corrected chi connectivity index (χ1v) is 4.94. The van der Waals surface area contributed by atoms with Crippen LogP contribution in [0.1, 0.15) is 11.1 Å². The monoisotopic (exact) mass is 251 g/mol. The fourth-order valence-corrected chi connectivity index (χ4v) is 1.47. The molecule has 0 spiro atoms. The molecule has 0 radical (unpaired) electrons. The van der Waals surface area contributed by atoms with Crippen molar-refractivity contribution in [3.05, 3.63) is 39.4 Å². The minimum Gasteiger partial charge on any atom is -0.258 e. The highest BCUT2D eigenvalue weighted by Crippen LogP contribution is 2.32. The summed E-state index contributed by atoms with van der Waals surface area (Å²) < 4.78 is 37.2. The van der Waals surface area contributed by atoms with Gasteiger partial charge in [0.2, 0.25) is 0 Å². The van der Waals surface area contributed by atoms with Gasteiger partial charge in [0.1, 0.15) is 0 Å². The molecule has 0 saturated heterocycles. The van der Waals surface area contributed by atoms with Crippen molar-refractivity contribution in [3.63, 3.8) is 0 Å². The van der Waals surface area contributed by atoms with E-state index in [2.05, 4.69) is 12.6 Å². The molecule has 0 amide bonds. The Kier molecular flexibility index (Phi) is 3.79. The van der Waals surface area contributed by atoms with Crippen molar-refractivity contribution >= 4 is 18.3 Å². The molecule has 0 N–H and O–H groups in total. The summed E-state index contributed by atoms with van der Waals surface area (Å²) in [6.45, 7) is 0. The molecule has 0 unspecified atom stereocenters. The molecule has 0 bridgehead atoms. The van der Waals surface area contributed by atoms with E-state index in [4.69, 9.17) is 0 Å². The molecule has 1 rings (SSSR count). The van der Waals surface area contributed by atoms with E-state index in [9.17, 15) is 23.3 Å². The first kappa shape index (κ1) is 12.8. The smallest absolute Gasteiger partial charge is 0.258 e. The Bertz CT molecular complexity index is 406. The van der Waals surface area contributed by atoms with E-state index in [0.717, 1.165) is 12.1 Å². The van der Waals surface area contributed by atoms with Crippen LogP contribution in [0.2, 0.25) is 0 Å². The summed E-state index contributed by atoms with van der Waals surface area (Å²) in [5.74, 6) is 0.332. The number of aryl methyl sites for hydroxylation is 1. The van der Waals surface area contributed by atoms with Crippen LogP contribution in [0.5, 0.6) is 0 Å². The second kappa shape index (κ2) is 4.73. The van der Waals surface area contributed by atoms with Gasteiger partial charge in [0, 0.05) is 12.1 Å². The Morgan fingerprint density at radius 1 is 1.31 bits per heavy atom. The maximum atomic E-state index is 12.4. The lowest BCUT2D eigenvalue weighted by Gasteiger charge is -2.08. The lowest BCUT2D eigenvalue weighted by molar-refractivity contribution is -0.385. The van der Waals surface area contributed by atoms with Crippen molar-refractivity contribution in [2.45, 2.75) is 12.6 Å². The number of non-ortho nitro benzene ring substituents is 1. The van der Waals surface area contributed by atoms with Crippen LogP contribution in [0, 0.1) is 10.1 Å². The van der Waals surface area contributed by atoms with E-state index in [1.54, 1.807) is 0 Å². The number of nitro benzene ring substituents is 1. The van der Waals surface area contributed by atoms with E-state index in [-0.39, 0.29) is 12.0 Å². The average molecular weight is 251 g/mol. The number of benzene rings is 1. The van der Waals surface area contributed by atoms with E-state index in [0.29, 0.717) is 11.8 Å². The number of hydrogen-bond acceptors (Lipinski definition) is 3. The molecule has 3 nitrogen and oxygen atoms in total. The summed E-state index contributed by atoms with van der Waals surface area (Å²) in [4.78, 5) is 9.62. The Morgan fingerprint density at radius 2 is 1.94 bits per heavy atom. The van der Waals surface area contributed by atoms with E-state index in [1.807, 2.05) is 0 Å². The molecule has 0 aromatic heterocycles. The lowest BCUT2D eigenvalue weighted by atomic mass is 10.1. The van der Waals surface area contributed by atoms with E-state index >= 15 is 0 Å². The molecule has 0 saturated carbocycles. The molecule has 0 aliphatic heterocycles. The molecular formula is C9H8F3NO2S. The molecular weight excluding hydrogens is 243 g/mol. The van der Waals surface area contributed by atoms with Gasteiger partial charge in [-0.15, -0.1) is 0 Å². The Hall–Kier alpha value is -1.24. The number of nitrogens with zero attached hydrogens (tertiary/aromatic N) is 1. The van der Waals surface area contributed by atoms with Crippen LogP contribution >= 0.6 is 12.6 Å². The molecule has 0 heterocycles.